The fourth-order valence-electron chi connectivity index (χ4n) is 2.95. The second-order valence-corrected chi connectivity index (χ2v) is 6.25. The van der Waals surface area contributed by atoms with E-state index in [0.29, 0.717) is 12.1 Å². The van der Waals surface area contributed by atoms with Gasteiger partial charge in [0.05, 0.1) is 0 Å². The molecule has 2 N–H and O–H groups in total. The number of benzene rings is 1. The summed E-state index contributed by atoms with van der Waals surface area (Å²) in [6.07, 6.45) is 3.18. The highest BCUT2D eigenvalue weighted by Crippen LogP contribution is 2.23. The summed E-state index contributed by atoms with van der Waals surface area (Å²) in [5, 5.41) is 12.6. The summed E-state index contributed by atoms with van der Waals surface area (Å²) in [4.78, 5) is 4.59. The molecule has 1 aromatic carbocycles. The lowest BCUT2D eigenvalue weighted by Gasteiger charge is -2.35. The van der Waals surface area contributed by atoms with Crippen LogP contribution >= 0.6 is 0 Å². The molecule has 1 fully saturated rings. The Morgan fingerprint density at radius 3 is 2.38 bits per heavy atom. The molecule has 2 rings (SSSR count). The van der Waals surface area contributed by atoms with Crippen molar-refractivity contribution in [1.82, 2.24) is 5.32 Å². The third-order valence-electron chi connectivity index (χ3n) is 4.31. The lowest BCUT2D eigenvalue weighted by atomic mass is 10.0. The predicted octanol–water partition coefficient (Wildman–Crippen LogP) is 2.08. The van der Waals surface area contributed by atoms with E-state index in [1.54, 1.807) is 0 Å². The first kappa shape index (κ1) is 16.1. The Hall–Kier alpha value is -1.26. The van der Waals surface area contributed by atoms with E-state index in [1.165, 1.54) is 24.2 Å². The van der Waals surface area contributed by atoms with Gasteiger partial charge in [0, 0.05) is 57.3 Å². The zero-order valence-corrected chi connectivity index (χ0v) is 13.5. The average Bonchev–Trinajstić information content (AvgIpc) is 2.48. The first-order valence-electron chi connectivity index (χ1n) is 7.99. The molecule has 118 valence electrons. The maximum Gasteiger partial charge on any atom is 0.0445 e. The van der Waals surface area contributed by atoms with Crippen molar-refractivity contribution in [3.05, 3.63) is 24.3 Å². The van der Waals surface area contributed by atoms with Gasteiger partial charge in [-0.05, 0) is 50.5 Å². The van der Waals surface area contributed by atoms with Crippen molar-refractivity contribution in [3.63, 3.8) is 0 Å². The molecule has 21 heavy (non-hydrogen) atoms. The minimum Gasteiger partial charge on any atom is -0.396 e. The van der Waals surface area contributed by atoms with Crippen LogP contribution in [0, 0.1) is 0 Å². The number of anilines is 2. The van der Waals surface area contributed by atoms with Crippen molar-refractivity contribution in [2.45, 2.75) is 38.3 Å². The van der Waals surface area contributed by atoms with Crippen LogP contribution in [0.25, 0.3) is 0 Å². The normalized spacial score (nSPS) is 17.8. The first-order valence-corrected chi connectivity index (χ1v) is 7.99. The smallest absolute Gasteiger partial charge is 0.0445 e. The third-order valence-corrected chi connectivity index (χ3v) is 4.31. The minimum absolute atomic E-state index is 0.269. The van der Waals surface area contributed by atoms with Gasteiger partial charge in [0.25, 0.3) is 0 Å². The van der Waals surface area contributed by atoms with Crippen molar-refractivity contribution in [2.75, 3.05) is 43.6 Å². The Balaban J connectivity index is 1.83. The topological polar surface area (TPSA) is 38.7 Å². The van der Waals surface area contributed by atoms with Gasteiger partial charge in [-0.1, -0.05) is 0 Å². The molecule has 1 aliphatic heterocycles. The van der Waals surface area contributed by atoms with Crippen LogP contribution in [0.2, 0.25) is 0 Å². The van der Waals surface area contributed by atoms with Gasteiger partial charge < -0.3 is 20.2 Å². The summed E-state index contributed by atoms with van der Waals surface area (Å²) < 4.78 is 0. The summed E-state index contributed by atoms with van der Waals surface area (Å²) >= 11 is 0. The lowest BCUT2D eigenvalue weighted by Crippen LogP contribution is -2.45. The predicted molar refractivity (Wildman–Crippen MR) is 90.3 cm³/mol. The molecule has 0 spiro atoms. The Morgan fingerprint density at radius 1 is 1.24 bits per heavy atom. The van der Waals surface area contributed by atoms with Crippen LogP contribution in [0.3, 0.4) is 0 Å². The fraction of sp³-hybridized carbons (Fsp3) is 0.647. The van der Waals surface area contributed by atoms with E-state index >= 15 is 0 Å². The quantitative estimate of drug-likeness (QED) is 0.842. The van der Waals surface area contributed by atoms with Crippen LogP contribution in [0.5, 0.6) is 0 Å². The van der Waals surface area contributed by atoms with Gasteiger partial charge in [0.15, 0.2) is 0 Å². The van der Waals surface area contributed by atoms with Gasteiger partial charge >= 0.3 is 0 Å². The van der Waals surface area contributed by atoms with Gasteiger partial charge in [-0.15, -0.1) is 0 Å². The molecule has 4 heteroatoms. The van der Waals surface area contributed by atoms with E-state index in [1.807, 2.05) is 0 Å². The average molecular weight is 291 g/mol. The number of piperidine rings is 1. The molecule has 0 saturated carbocycles. The summed E-state index contributed by atoms with van der Waals surface area (Å²) in [5.74, 6) is 0. The van der Waals surface area contributed by atoms with Crippen molar-refractivity contribution < 1.29 is 5.11 Å². The second-order valence-electron chi connectivity index (χ2n) is 6.25. The van der Waals surface area contributed by atoms with E-state index in [2.05, 4.69) is 60.4 Å². The van der Waals surface area contributed by atoms with Gasteiger partial charge in [0.2, 0.25) is 0 Å². The number of aliphatic hydroxyl groups excluding tert-OH is 1. The highest BCUT2D eigenvalue weighted by Gasteiger charge is 2.20. The second kappa shape index (κ2) is 7.66. The molecule has 1 heterocycles. The number of nitrogens with zero attached hydrogens (tertiary/aromatic N) is 2. The number of hydrogen-bond acceptors (Lipinski definition) is 4. The highest BCUT2D eigenvalue weighted by molar-refractivity contribution is 5.56. The molecule has 1 aliphatic rings. The summed E-state index contributed by atoms with van der Waals surface area (Å²) in [7, 11) is 4.14. The SMILES string of the molecule is CC(CCO)NC1CCN(c2ccc(N(C)C)cc2)CC1. The Bertz CT molecular complexity index is 411. The zero-order valence-electron chi connectivity index (χ0n) is 13.5. The molecule has 0 aliphatic carbocycles. The van der Waals surface area contributed by atoms with Crippen LogP contribution in [0.15, 0.2) is 24.3 Å². The van der Waals surface area contributed by atoms with Crippen molar-refractivity contribution in [1.29, 1.82) is 0 Å². The first-order chi connectivity index (χ1) is 10.1. The van der Waals surface area contributed by atoms with Gasteiger partial charge in [-0.2, -0.15) is 0 Å². The van der Waals surface area contributed by atoms with Crippen molar-refractivity contribution >= 4 is 11.4 Å². The van der Waals surface area contributed by atoms with Crippen LogP contribution < -0.4 is 15.1 Å². The molecule has 1 atom stereocenters. The van der Waals surface area contributed by atoms with Gasteiger partial charge in [0.1, 0.15) is 0 Å². The van der Waals surface area contributed by atoms with E-state index in [0.717, 1.165) is 19.5 Å². The largest absolute Gasteiger partial charge is 0.396 e. The number of rotatable bonds is 6. The number of hydrogen-bond donors (Lipinski definition) is 2. The molecule has 0 radical (unpaired) electrons. The summed E-state index contributed by atoms with van der Waals surface area (Å²) in [5.41, 5.74) is 2.57. The summed E-state index contributed by atoms with van der Waals surface area (Å²) in [6, 6.07) is 9.80. The maximum atomic E-state index is 8.97. The van der Waals surface area contributed by atoms with Gasteiger partial charge in [-0.25, -0.2) is 0 Å². The third kappa shape index (κ3) is 4.61. The highest BCUT2D eigenvalue weighted by atomic mass is 16.3. The maximum absolute atomic E-state index is 8.97. The molecule has 0 aromatic heterocycles. The van der Waals surface area contributed by atoms with E-state index in [9.17, 15) is 0 Å². The molecular weight excluding hydrogens is 262 g/mol. The molecular formula is C17H29N3O. The fourth-order valence-corrected chi connectivity index (χ4v) is 2.95. The molecule has 0 amide bonds. The minimum atomic E-state index is 0.269. The molecule has 4 nitrogen and oxygen atoms in total. The molecule has 1 unspecified atom stereocenters. The van der Waals surface area contributed by atoms with Gasteiger partial charge in [-0.3, -0.25) is 0 Å². The van der Waals surface area contributed by atoms with E-state index < -0.39 is 0 Å². The molecule has 1 saturated heterocycles. The van der Waals surface area contributed by atoms with Crippen molar-refractivity contribution in [2.24, 2.45) is 0 Å². The molecule has 0 bridgehead atoms. The van der Waals surface area contributed by atoms with Crippen LogP contribution in [-0.2, 0) is 0 Å². The monoisotopic (exact) mass is 291 g/mol. The Kier molecular flexibility index (Phi) is 5.88. The van der Waals surface area contributed by atoms with E-state index in [4.69, 9.17) is 5.11 Å². The van der Waals surface area contributed by atoms with Crippen molar-refractivity contribution in [3.8, 4) is 0 Å². The van der Waals surface area contributed by atoms with Crippen LogP contribution in [0.4, 0.5) is 11.4 Å². The summed E-state index contributed by atoms with van der Waals surface area (Å²) in [6.45, 7) is 4.63. The number of aliphatic hydroxyl groups is 1. The van der Waals surface area contributed by atoms with Crippen LogP contribution in [0.1, 0.15) is 26.2 Å². The Labute approximate surface area is 128 Å². The zero-order chi connectivity index (χ0) is 15.2. The number of nitrogens with one attached hydrogen (secondary N) is 1. The van der Waals surface area contributed by atoms with Crippen LogP contribution in [-0.4, -0.2) is 51.0 Å². The standard InChI is InChI=1S/C17H29N3O/c1-14(10-13-21)18-15-8-11-20(12-9-15)17-6-4-16(5-7-17)19(2)3/h4-7,14-15,18,21H,8-13H2,1-3H3. The Morgan fingerprint density at radius 2 is 1.86 bits per heavy atom. The lowest BCUT2D eigenvalue weighted by molar-refractivity contribution is 0.257. The molecule has 1 aromatic rings. The van der Waals surface area contributed by atoms with E-state index in [-0.39, 0.29) is 6.61 Å².